The number of nitro benzene ring substituents is 1. The van der Waals surface area contributed by atoms with Crippen molar-refractivity contribution in [2.75, 3.05) is 37.7 Å². The molecular weight excluding hydrogens is 334 g/mol. The summed E-state index contributed by atoms with van der Waals surface area (Å²) < 4.78 is 5.46. The van der Waals surface area contributed by atoms with Crippen molar-refractivity contribution in [1.29, 1.82) is 0 Å². The average Bonchev–Trinajstić information content (AvgIpc) is 3.08. The number of carbonyl (C=O) groups is 1. The number of nitro groups is 1. The van der Waals surface area contributed by atoms with Crippen LogP contribution in [0, 0.1) is 17.0 Å². The fourth-order valence-electron chi connectivity index (χ4n) is 3.35. The van der Waals surface area contributed by atoms with Crippen molar-refractivity contribution < 1.29 is 14.5 Å². The van der Waals surface area contributed by atoms with Gasteiger partial charge in [0.25, 0.3) is 11.6 Å². The number of rotatable bonds is 3. The van der Waals surface area contributed by atoms with E-state index in [-0.39, 0.29) is 17.7 Å². The molecule has 24 heavy (non-hydrogen) atoms. The van der Waals surface area contributed by atoms with Gasteiger partial charge in [-0.25, -0.2) is 0 Å². The van der Waals surface area contributed by atoms with Crippen LogP contribution in [0.25, 0.3) is 0 Å². The van der Waals surface area contributed by atoms with E-state index in [1.807, 2.05) is 11.8 Å². The van der Waals surface area contributed by atoms with Crippen molar-refractivity contribution in [2.24, 2.45) is 0 Å². The third-order valence-electron chi connectivity index (χ3n) is 4.56. The van der Waals surface area contributed by atoms with Crippen LogP contribution in [0.15, 0.2) is 12.1 Å². The largest absolute Gasteiger partial charge is 0.368 e. The summed E-state index contributed by atoms with van der Waals surface area (Å²) >= 11 is 6.27. The molecule has 130 valence electrons. The Hall–Kier alpha value is -1.86. The molecule has 0 aromatic heterocycles. The first-order valence-electron chi connectivity index (χ1n) is 8.07. The molecule has 2 heterocycles. The first-order valence-corrected chi connectivity index (χ1v) is 8.45. The zero-order valence-electron chi connectivity index (χ0n) is 13.5. The number of ether oxygens (including phenoxy) is 1. The van der Waals surface area contributed by atoms with Crippen LogP contribution in [-0.4, -0.2) is 54.6 Å². The number of aryl methyl sites for hydroxylation is 1. The number of piperazine rings is 1. The van der Waals surface area contributed by atoms with Gasteiger partial charge in [-0.1, -0.05) is 11.6 Å². The SMILES string of the molecule is Cc1cc([N+](=O)[O-])cc(Cl)c1N1CCN(C(=O)C2CCCO2)CC1. The second kappa shape index (κ2) is 6.94. The van der Waals surface area contributed by atoms with Crippen LogP contribution in [0.1, 0.15) is 18.4 Å². The van der Waals surface area contributed by atoms with Crippen molar-refractivity contribution in [1.82, 2.24) is 4.90 Å². The van der Waals surface area contributed by atoms with Gasteiger partial charge in [0, 0.05) is 44.9 Å². The minimum atomic E-state index is -0.444. The third kappa shape index (κ3) is 3.32. The summed E-state index contributed by atoms with van der Waals surface area (Å²) in [6.45, 7) is 4.98. The van der Waals surface area contributed by atoms with Crippen LogP contribution in [-0.2, 0) is 9.53 Å². The average molecular weight is 354 g/mol. The third-order valence-corrected chi connectivity index (χ3v) is 4.85. The number of benzene rings is 1. The molecule has 1 aromatic carbocycles. The molecule has 1 aromatic rings. The van der Waals surface area contributed by atoms with Gasteiger partial charge in [-0.2, -0.15) is 0 Å². The maximum absolute atomic E-state index is 12.4. The molecule has 0 bridgehead atoms. The summed E-state index contributed by atoms with van der Waals surface area (Å²) in [6, 6.07) is 2.92. The number of hydrogen-bond donors (Lipinski definition) is 0. The van der Waals surface area contributed by atoms with E-state index in [2.05, 4.69) is 4.90 Å². The number of anilines is 1. The lowest BCUT2D eigenvalue weighted by atomic mass is 10.1. The fraction of sp³-hybridized carbons (Fsp3) is 0.562. The Morgan fingerprint density at radius 3 is 2.58 bits per heavy atom. The molecule has 0 spiro atoms. The molecule has 2 saturated heterocycles. The van der Waals surface area contributed by atoms with Gasteiger partial charge in [-0.15, -0.1) is 0 Å². The highest BCUT2D eigenvalue weighted by Crippen LogP contribution is 2.34. The lowest BCUT2D eigenvalue weighted by Gasteiger charge is -2.37. The standard InChI is InChI=1S/C16H20ClN3O4/c1-11-9-12(20(22)23)10-13(17)15(11)18-4-6-19(7-5-18)16(21)14-3-2-8-24-14/h9-10,14H,2-8H2,1H3. The Bertz CT molecular complexity index is 630. The van der Waals surface area contributed by atoms with Gasteiger partial charge >= 0.3 is 0 Å². The van der Waals surface area contributed by atoms with Gasteiger partial charge in [-0.3, -0.25) is 14.9 Å². The summed E-state index contributed by atoms with van der Waals surface area (Å²) in [5, 5.41) is 11.3. The quantitative estimate of drug-likeness (QED) is 0.616. The number of halogens is 1. The fourth-order valence-corrected chi connectivity index (χ4v) is 3.73. The molecule has 1 atom stereocenters. The molecule has 0 radical (unpaired) electrons. The van der Waals surface area contributed by atoms with Crippen LogP contribution in [0.3, 0.4) is 0 Å². The zero-order chi connectivity index (χ0) is 17.3. The molecule has 0 N–H and O–H groups in total. The van der Waals surface area contributed by atoms with Gasteiger partial charge in [0.05, 0.1) is 15.6 Å². The Morgan fingerprint density at radius 2 is 2.04 bits per heavy atom. The number of non-ortho nitro benzene ring substituents is 1. The zero-order valence-corrected chi connectivity index (χ0v) is 14.3. The molecule has 1 unspecified atom stereocenters. The summed E-state index contributed by atoms with van der Waals surface area (Å²) in [6.07, 6.45) is 1.45. The Labute approximate surface area is 145 Å². The van der Waals surface area contributed by atoms with Crippen molar-refractivity contribution in [2.45, 2.75) is 25.9 Å². The number of carbonyl (C=O) groups excluding carboxylic acids is 1. The topological polar surface area (TPSA) is 75.9 Å². The van der Waals surface area contributed by atoms with Gasteiger partial charge in [-0.05, 0) is 25.3 Å². The molecule has 7 nitrogen and oxygen atoms in total. The molecule has 2 fully saturated rings. The van der Waals surface area contributed by atoms with E-state index in [0.29, 0.717) is 37.8 Å². The van der Waals surface area contributed by atoms with Crippen LogP contribution in [0.5, 0.6) is 0 Å². The monoisotopic (exact) mass is 353 g/mol. The predicted molar refractivity (Wildman–Crippen MR) is 90.6 cm³/mol. The van der Waals surface area contributed by atoms with Gasteiger partial charge in [0.1, 0.15) is 6.10 Å². The number of nitrogens with zero attached hydrogens (tertiary/aromatic N) is 3. The van der Waals surface area contributed by atoms with Crippen LogP contribution >= 0.6 is 11.6 Å². The summed E-state index contributed by atoms with van der Waals surface area (Å²) in [5.74, 6) is 0.0682. The molecule has 2 aliphatic rings. The van der Waals surface area contributed by atoms with Gasteiger partial charge in [0.2, 0.25) is 0 Å². The van der Waals surface area contributed by atoms with E-state index in [9.17, 15) is 14.9 Å². The van der Waals surface area contributed by atoms with E-state index in [1.54, 1.807) is 0 Å². The Kier molecular flexibility index (Phi) is 4.91. The van der Waals surface area contributed by atoms with Gasteiger partial charge in [0.15, 0.2) is 0 Å². The van der Waals surface area contributed by atoms with Crippen LogP contribution in [0.2, 0.25) is 5.02 Å². The Balaban J connectivity index is 1.68. The van der Waals surface area contributed by atoms with Gasteiger partial charge < -0.3 is 14.5 Å². The highest BCUT2D eigenvalue weighted by molar-refractivity contribution is 6.33. The normalized spacial score (nSPS) is 21.2. The molecule has 3 rings (SSSR count). The van der Waals surface area contributed by atoms with Crippen molar-refractivity contribution in [3.63, 3.8) is 0 Å². The molecule has 0 saturated carbocycles. The van der Waals surface area contributed by atoms with E-state index in [0.717, 1.165) is 24.1 Å². The lowest BCUT2D eigenvalue weighted by molar-refractivity contribution is -0.384. The predicted octanol–water partition coefficient (Wildman–Crippen LogP) is 2.38. The Morgan fingerprint density at radius 1 is 1.33 bits per heavy atom. The van der Waals surface area contributed by atoms with E-state index in [4.69, 9.17) is 16.3 Å². The van der Waals surface area contributed by atoms with Crippen molar-refractivity contribution >= 4 is 28.9 Å². The molecule has 8 heteroatoms. The van der Waals surface area contributed by atoms with E-state index >= 15 is 0 Å². The highest BCUT2D eigenvalue weighted by Gasteiger charge is 2.31. The molecule has 2 aliphatic heterocycles. The minimum Gasteiger partial charge on any atom is -0.368 e. The molecule has 1 amide bonds. The summed E-state index contributed by atoms with van der Waals surface area (Å²) in [7, 11) is 0. The minimum absolute atomic E-state index is 0.00607. The maximum atomic E-state index is 12.4. The highest BCUT2D eigenvalue weighted by atomic mass is 35.5. The van der Waals surface area contributed by atoms with E-state index < -0.39 is 4.92 Å². The second-order valence-corrected chi connectivity index (χ2v) is 6.57. The van der Waals surface area contributed by atoms with Crippen molar-refractivity contribution in [3.8, 4) is 0 Å². The second-order valence-electron chi connectivity index (χ2n) is 6.16. The van der Waals surface area contributed by atoms with E-state index in [1.165, 1.54) is 12.1 Å². The molecule has 0 aliphatic carbocycles. The summed E-state index contributed by atoms with van der Waals surface area (Å²) in [4.78, 5) is 26.8. The number of hydrogen-bond acceptors (Lipinski definition) is 5. The van der Waals surface area contributed by atoms with Crippen molar-refractivity contribution in [3.05, 3.63) is 32.8 Å². The maximum Gasteiger partial charge on any atom is 0.271 e. The van der Waals surface area contributed by atoms with Crippen LogP contribution < -0.4 is 4.90 Å². The number of amides is 1. The first-order chi connectivity index (χ1) is 11.5. The lowest BCUT2D eigenvalue weighted by Crippen LogP contribution is -2.51. The summed E-state index contributed by atoms with van der Waals surface area (Å²) in [5.41, 5.74) is 1.58. The van der Waals surface area contributed by atoms with Crippen LogP contribution in [0.4, 0.5) is 11.4 Å². The molecular formula is C16H20ClN3O4. The first kappa shape index (κ1) is 17.0. The smallest absolute Gasteiger partial charge is 0.271 e.